The van der Waals surface area contributed by atoms with Gasteiger partial charge in [0.15, 0.2) is 0 Å². The lowest BCUT2D eigenvalue weighted by Crippen LogP contribution is -2.32. The van der Waals surface area contributed by atoms with Crippen LogP contribution in [0.1, 0.15) is 22.8 Å². The molecule has 1 rings (SSSR count). The molecule has 0 aliphatic rings. The van der Waals surface area contributed by atoms with E-state index < -0.39 is 38.2 Å². The fourth-order valence-corrected chi connectivity index (χ4v) is 2.80. The lowest BCUT2D eigenvalue weighted by Gasteiger charge is -2.14. The fourth-order valence-electron chi connectivity index (χ4n) is 1.75. The number of carbonyl (C=O) groups excluding carboxylic acids is 1. The van der Waals surface area contributed by atoms with Gasteiger partial charge >= 0.3 is 12.1 Å². The predicted octanol–water partition coefficient (Wildman–Crippen LogP) is 1.80. The molecule has 0 fully saturated rings. The van der Waals surface area contributed by atoms with E-state index in [-0.39, 0.29) is 19.0 Å². The van der Waals surface area contributed by atoms with Gasteiger partial charge in [0.1, 0.15) is 0 Å². The SMILES string of the molecule is CCNCCNS(=O)(=O)c1ccc(C(=O)OC)c(C(F)(F)F)c1.Cl. The van der Waals surface area contributed by atoms with Crippen molar-refractivity contribution in [1.82, 2.24) is 10.0 Å². The van der Waals surface area contributed by atoms with Gasteiger partial charge in [-0.25, -0.2) is 17.9 Å². The summed E-state index contributed by atoms with van der Waals surface area (Å²) in [5.41, 5.74) is -2.11. The van der Waals surface area contributed by atoms with E-state index in [1.165, 1.54) is 0 Å². The number of alkyl halides is 3. The fraction of sp³-hybridized carbons (Fsp3) is 0.462. The Bertz CT molecular complexity index is 666. The lowest BCUT2D eigenvalue weighted by molar-refractivity contribution is -0.138. The topological polar surface area (TPSA) is 84.5 Å². The summed E-state index contributed by atoms with van der Waals surface area (Å²) in [5.74, 6) is -1.19. The maximum atomic E-state index is 13.0. The van der Waals surface area contributed by atoms with Gasteiger partial charge in [-0.1, -0.05) is 6.92 Å². The van der Waals surface area contributed by atoms with Gasteiger partial charge in [0.25, 0.3) is 0 Å². The summed E-state index contributed by atoms with van der Waals surface area (Å²) < 4.78 is 69.6. The molecule has 2 N–H and O–H groups in total. The van der Waals surface area contributed by atoms with E-state index in [9.17, 15) is 26.4 Å². The molecule has 0 saturated carbocycles. The van der Waals surface area contributed by atoms with Crippen LogP contribution in [0.15, 0.2) is 23.1 Å². The highest BCUT2D eigenvalue weighted by Crippen LogP contribution is 2.33. The molecule has 0 aromatic heterocycles. The molecule has 1 aromatic rings. The Kier molecular flexibility index (Phi) is 8.69. The molecule has 138 valence electrons. The molecule has 0 aliphatic heterocycles. The van der Waals surface area contributed by atoms with Gasteiger partial charge in [-0.05, 0) is 24.7 Å². The average Bonchev–Trinajstić information content (AvgIpc) is 2.49. The monoisotopic (exact) mass is 390 g/mol. The number of rotatable bonds is 7. The molecule has 0 bridgehead atoms. The van der Waals surface area contributed by atoms with E-state index in [4.69, 9.17) is 0 Å². The molecule has 11 heteroatoms. The third kappa shape index (κ3) is 5.93. The number of benzene rings is 1. The minimum Gasteiger partial charge on any atom is -0.465 e. The zero-order valence-corrected chi connectivity index (χ0v) is 14.6. The zero-order chi connectivity index (χ0) is 17.7. The number of ether oxygens (including phenoxy) is 1. The summed E-state index contributed by atoms with van der Waals surface area (Å²) >= 11 is 0. The molecule has 0 saturated heterocycles. The largest absolute Gasteiger partial charge is 0.465 e. The van der Waals surface area contributed by atoms with Gasteiger partial charge in [0.2, 0.25) is 10.0 Å². The predicted molar refractivity (Wildman–Crippen MR) is 83.8 cm³/mol. The average molecular weight is 391 g/mol. The van der Waals surface area contributed by atoms with E-state index in [0.29, 0.717) is 19.2 Å². The van der Waals surface area contributed by atoms with Crippen LogP contribution in [-0.2, 0) is 20.9 Å². The Balaban J connectivity index is 0.00000529. The van der Waals surface area contributed by atoms with E-state index in [1.54, 1.807) is 0 Å². The summed E-state index contributed by atoms with van der Waals surface area (Å²) in [6.45, 7) is 2.82. The van der Waals surface area contributed by atoms with Crippen LogP contribution >= 0.6 is 12.4 Å². The van der Waals surface area contributed by atoms with Crippen molar-refractivity contribution in [1.29, 1.82) is 0 Å². The first kappa shape index (κ1) is 22.6. The van der Waals surface area contributed by atoms with Crippen molar-refractivity contribution < 1.29 is 31.1 Å². The summed E-state index contributed by atoms with van der Waals surface area (Å²) in [6.07, 6.45) is -4.89. The molecule has 0 aliphatic carbocycles. The van der Waals surface area contributed by atoms with Crippen molar-refractivity contribution in [2.24, 2.45) is 0 Å². The van der Waals surface area contributed by atoms with Crippen molar-refractivity contribution in [3.63, 3.8) is 0 Å². The molecule has 1 aromatic carbocycles. The summed E-state index contributed by atoms with van der Waals surface area (Å²) in [7, 11) is -3.17. The highest BCUT2D eigenvalue weighted by Gasteiger charge is 2.36. The van der Waals surface area contributed by atoms with E-state index >= 15 is 0 Å². The molecule has 0 spiro atoms. The first-order valence-corrected chi connectivity index (χ1v) is 8.11. The summed E-state index contributed by atoms with van der Waals surface area (Å²) in [4.78, 5) is 10.8. The zero-order valence-electron chi connectivity index (χ0n) is 12.9. The van der Waals surface area contributed by atoms with Crippen LogP contribution in [0, 0.1) is 0 Å². The van der Waals surface area contributed by atoms with Crippen LogP contribution in [0.5, 0.6) is 0 Å². The first-order chi connectivity index (χ1) is 10.6. The second-order valence-corrected chi connectivity index (χ2v) is 6.22. The van der Waals surface area contributed by atoms with E-state index in [1.807, 2.05) is 6.92 Å². The maximum absolute atomic E-state index is 13.0. The van der Waals surface area contributed by atoms with Crippen molar-refractivity contribution in [3.05, 3.63) is 29.3 Å². The first-order valence-electron chi connectivity index (χ1n) is 6.63. The minimum absolute atomic E-state index is 0. The number of esters is 1. The summed E-state index contributed by atoms with van der Waals surface area (Å²) in [5, 5.41) is 2.87. The van der Waals surface area contributed by atoms with Crippen LogP contribution in [0.25, 0.3) is 0 Å². The minimum atomic E-state index is -4.89. The number of hydrogen-bond donors (Lipinski definition) is 2. The van der Waals surface area contributed by atoms with Crippen molar-refractivity contribution in [2.75, 3.05) is 26.7 Å². The number of methoxy groups -OCH3 is 1. The number of carbonyl (C=O) groups is 1. The van der Waals surface area contributed by atoms with Crippen LogP contribution in [0.2, 0.25) is 0 Å². The van der Waals surface area contributed by atoms with Gasteiger partial charge < -0.3 is 10.1 Å². The second-order valence-electron chi connectivity index (χ2n) is 4.45. The molecular formula is C13H18ClF3N2O4S. The van der Waals surface area contributed by atoms with Gasteiger partial charge in [0, 0.05) is 13.1 Å². The Hall–Kier alpha value is -1.36. The van der Waals surface area contributed by atoms with E-state index in [2.05, 4.69) is 14.8 Å². The molecule has 0 atom stereocenters. The van der Waals surface area contributed by atoms with E-state index in [0.717, 1.165) is 19.2 Å². The standard InChI is InChI=1S/C13H17F3N2O4S.ClH/c1-3-17-6-7-18-23(20,21)9-4-5-10(12(19)22-2)11(8-9)13(14,15)16;/h4-5,8,17-18H,3,6-7H2,1-2H3;1H. The molecule has 6 nitrogen and oxygen atoms in total. The van der Waals surface area contributed by atoms with Crippen LogP contribution < -0.4 is 10.0 Å². The van der Waals surface area contributed by atoms with Crippen molar-refractivity contribution in [3.8, 4) is 0 Å². The normalized spacial score (nSPS) is 11.7. The van der Waals surface area contributed by atoms with Crippen LogP contribution in [0.3, 0.4) is 0 Å². The number of hydrogen-bond acceptors (Lipinski definition) is 5. The number of likely N-dealkylation sites (N-methyl/N-ethyl adjacent to an activating group) is 1. The van der Waals surface area contributed by atoms with Crippen molar-refractivity contribution in [2.45, 2.75) is 18.0 Å². The highest BCUT2D eigenvalue weighted by molar-refractivity contribution is 7.89. The van der Waals surface area contributed by atoms with Gasteiger partial charge in [-0.15, -0.1) is 12.4 Å². The van der Waals surface area contributed by atoms with Crippen LogP contribution in [0.4, 0.5) is 13.2 Å². The Labute approximate surface area is 144 Å². The Morgan fingerprint density at radius 1 is 1.25 bits per heavy atom. The number of nitrogens with one attached hydrogen (secondary N) is 2. The van der Waals surface area contributed by atoms with Gasteiger partial charge in [-0.2, -0.15) is 13.2 Å². The molecule has 0 heterocycles. The summed E-state index contributed by atoms with van der Waals surface area (Å²) in [6, 6.07) is 2.13. The Morgan fingerprint density at radius 2 is 1.88 bits per heavy atom. The molecule has 0 unspecified atom stereocenters. The molecule has 24 heavy (non-hydrogen) atoms. The molecule has 0 radical (unpaired) electrons. The van der Waals surface area contributed by atoms with Crippen LogP contribution in [-0.4, -0.2) is 41.1 Å². The maximum Gasteiger partial charge on any atom is 0.417 e. The lowest BCUT2D eigenvalue weighted by atomic mass is 10.1. The smallest absolute Gasteiger partial charge is 0.417 e. The second kappa shape index (κ2) is 9.21. The highest BCUT2D eigenvalue weighted by atomic mass is 35.5. The third-order valence-corrected chi connectivity index (χ3v) is 4.31. The van der Waals surface area contributed by atoms with Crippen molar-refractivity contribution >= 4 is 28.4 Å². The Morgan fingerprint density at radius 3 is 2.38 bits per heavy atom. The molecule has 0 amide bonds. The van der Waals surface area contributed by atoms with Gasteiger partial charge in [-0.3, -0.25) is 0 Å². The number of halogens is 4. The van der Waals surface area contributed by atoms with Gasteiger partial charge in [0.05, 0.1) is 23.1 Å². The number of sulfonamides is 1. The third-order valence-electron chi connectivity index (χ3n) is 2.86. The quantitative estimate of drug-likeness (QED) is 0.548. The molecular weight excluding hydrogens is 373 g/mol.